The van der Waals surface area contributed by atoms with E-state index in [4.69, 9.17) is 5.11 Å². The molecule has 0 saturated heterocycles. The first-order valence-corrected chi connectivity index (χ1v) is 9.88. The van der Waals surface area contributed by atoms with Crippen LogP contribution in [0.2, 0.25) is 0 Å². The number of carboxylic acid groups (broad SMARTS) is 1. The average molecular weight is 394 g/mol. The van der Waals surface area contributed by atoms with Crippen molar-refractivity contribution in [1.82, 2.24) is 9.38 Å². The van der Waals surface area contributed by atoms with Gasteiger partial charge in [0.05, 0.1) is 18.0 Å². The van der Waals surface area contributed by atoms with E-state index in [9.17, 15) is 4.79 Å². The summed E-state index contributed by atoms with van der Waals surface area (Å²) in [6, 6.07) is 22.7. The van der Waals surface area contributed by atoms with Gasteiger partial charge in [0.1, 0.15) is 0 Å². The Morgan fingerprint density at radius 3 is 2.47 bits per heavy atom. The standard InChI is InChI=1S/C26H22N2O2/c1-2-24(20-6-4-3-5-7-20)26(22-14-15-28-18-27-17-23(28)16-22)21-11-8-19(9-12-21)10-13-25(29)30/h3-18H,2H2,1H3,(H,29,30). The summed E-state index contributed by atoms with van der Waals surface area (Å²) in [6.45, 7) is 2.17. The Kier molecular flexibility index (Phi) is 5.57. The fourth-order valence-electron chi connectivity index (χ4n) is 3.68. The zero-order valence-electron chi connectivity index (χ0n) is 16.7. The minimum atomic E-state index is -0.953. The Labute approximate surface area is 175 Å². The van der Waals surface area contributed by atoms with Crippen molar-refractivity contribution in [3.8, 4) is 0 Å². The zero-order chi connectivity index (χ0) is 20.9. The molecular formula is C26H22N2O2. The van der Waals surface area contributed by atoms with Crippen molar-refractivity contribution in [2.24, 2.45) is 0 Å². The van der Waals surface area contributed by atoms with E-state index in [2.05, 4.69) is 60.4 Å². The van der Waals surface area contributed by atoms with Gasteiger partial charge in [0.25, 0.3) is 0 Å². The Morgan fingerprint density at radius 2 is 1.77 bits per heavy atom. The molecule has 0 aliphatic carbocycles. The Hall–Kier alpha value is -3.92. The van der Waals surface area contributed by atoms with Gasteiger partial charge in [-0.3, -0.25) is 0 Å². The smallest absolute Gasteiger partial charge is 0.328 e. The van der Waals surface area contributed by atoms with Gasteiger partial charge in [-0.2, -0.15) is 0 Å². The lowest BCUT2D eigenvalue weighted by Crippen LogP contribution is -1.96. The van der Waals surface area contributed by atoms with Gasteiger partial charge < -0.3 is 9.51 Å². The number of aliphatic carboxylic acids is 1. The molecule has 4 nitrogen and oxygen atoms in total. The number of carboxylic acids is 1. The van der Waals surface area contributed by atoms with Crippen molar-refractivity contribution in [2.75, 3.05) is 0 Å². The second kappa shape index (κ2) is 8.62. The van der Waals surface area contributed by atoms with Crippen LogP contribution < -0.4 is 0 Å². The molecule has 0 fully saturated rings. The second-order valence-electron chi connectivity index (χ2n) is 7.01. The van der Waals surface area contributed by atoms with E-state index >= 15 is 0 Å². The summed E-state index contributed by atoms with van der Waals surface area (Å²) in [5.41, 5.74) is 7.72. The first-order chi connectivity index (χ1) is 14.7. The van der Waals surface area contributed by atoms with E-state index in [0.717, 1.165) is 34.7 Å². The van der Waals surface area contributed by atoms with Gasteiger partial charge in [0.15, 0.2) is 0 Å². The third-order valence-electron chi connectivity index (χ3n) is 5.10. The van der Waals surface area contributed by atoms with Gasteiger partial charge in [-0.05, 0) is 58.0 Å². The highest BCUT2D eigenvalue weighted by Crippen LogP contribution is 2.35. The normalized spacial score (nSPS) is 12.3. The molecule has 0 atom stereocenters. The fourth-order valence-corrected chi connectivity index (χ4v) is 3.68. The Balaban J connectivity index is 1.89. The molecule has 4 aromatic rings. The first-order valence-electron chi connectivity index (χ1n) is 9.88. The van der Waals surface area contributed by atoms with Gasteiger partial charge in [0, 0.05) is 12.3 Å². The van der Waals surface area contributed by atoms with Crippen LogP contribution in [-0.4, -0.2) is 20.5 Å². The number of pyridine rings is 1. The molecule has 0 unspecified atom stereocenters. The number of rotatable bonds is 6. The van der Waals surface area contributed by atoms with Crippen molar-refractivity contribution in [3.63, 3.8) is 0 Å². The lowest BCUT2D eigenvalue weighted by Gasteiger charge is -2.17. The maximum absolute atomic E-state index is 10.8. The number of benzene rings is 2. The number of hydrogen-bond acceptors (Lipinski definition) is 2. The maximum atomic E-state index is 10.8. The van der Waals surface area contributed by atoms with Gasteiger partial charge in [-0.1, -0.05) is 61.5 Å². The number of nitrogens with zero attached hydrogens (tertiary/aromatic N) is 2. The summed E-state index contributed by atoms with van der Waals surface area (Å²) < 4.78 is 2.00. The first kappa shape index (κ1) is 19.4. The molecule has 4 rings (SSSR count). The van der Waals surface area contributed by atoms with E-state index in [1.54, 1.807) is 12.4 Å². The molecule has 30 heavy (non-hydrogen) atoms. The van der Waals surface area contributed by atoms with Crippen LogP contribution in [0.3, 0.4) is 0 Å². The Bertz CT molecular complexity index is 1230. The predicted molar refractivity (Wildman–Crippen MR) is 121 cm³/mol. The van der Waals surface area contributed by atoms with Crippen LogP contribution in [-0.2, 0) is 4.79 Å². The molecule has 0 bridgehead atoms. The van der Waals surface area contributed by atoms with Gasteiger partial charge in [-0.25, -0.2) is 9.78 Å². The van der Waals surface area contributed by atoms with E-state index in [0.29, 0.717) is 0 Å². The summed E-state index contributed by atoms with van der Waals surface area (Å²) in [5.74, 6) is -0.953. The van der Waals surface area contributed by atoms with E-state index in [-0.39, 0.29) is 0 Å². The summed E-state index contributed by atoms with van der Waals surface area (Å²) >= 11 is 0. The summed E-state index contributed by atoms with van der Waals surface area (Å²) in [7, 11) is 0. The molecule has 148 valence electrons. The van der Waals surface area contributed by atoms with Crippen molar-refractivity contribution in [2.45, 2.75) is 13.3 Å². The van der Waals surface area contributed by atoms with Crippen molar-refractivity contribution < 1.29 is 9.90 Å². The number of fused-ring (bicyclic) bond motifs is 1. The van der Waals surface area contributed by atoms with Crippen LogP contribution in [0.4, 0.5) is 0 Å². The van der Waals surface area contributed by atoms with Crippen molar-refractivity contribution in [3.05, 3.63) is 114 Å². The average Bonchev–Trinajstić information content (AvgIpc) is 3.25. The molecular weight excluding hydrogens is 372 g/mol. The summed E-state index contributed by atoms with van der Waals surface area (Å²) in [6.07, 6.45) is 9.32. The number of carbonyl (C=O) groups is 1. The number of aromatic nitrogens is 2. The lowest BCUT2D eigenvalue weighted by atomic mass is 9.88. The zero-order valence-corrected chi connectivity index (χ0v) is 16.7. The van der Waals surface area contributed by atoms with E-state index in [1.807, 2.05) is 35.0 Å². The molecule has 0 amide bonds. The van der Waals surface area contributed by atoms with Crippen LogP contribution in [0.25, 0.3) is 22.7 Å². The highest BCUT2D eigenvalue weighted by atomic mass is 16.4. The van der Waals surface area contributed by atoms with Gasteiger partial charge in [-0.15, -0.1) is 0 Å². The quantitative estimate of drug-likeness (QED) is 0.332. The third kappa shape index (κ3) is 4.08. The molecule has 0 aliphatic heterocycles. The molecule has 2 heterocycles. The second-order valence-corrected chi connectivity index (χ2v) is 7.01. The molecule has 2 aromatic heterocycles. The lowest BCUT2D eigenvalue weighted by molar-refractivity contribution is -0.131. The number of allylic oxidation sites excluding steroid dienone is 1. The number of hydrogen-bond donors (Lipinski definition) is 1. The minimum Gasteiger partial charge on any atom is -0.478 e. The topological polar surface area (TPSA) is 54.6 Å². The SMILES string of the molecule is CCC(=C(c1ccc(C=CC(=O)O)cc1)c1ccn2cncc2c1)c1ccccc1. The largest absolute Gasteiger partial charge is 0.478 e. The van der Waals surface area contributed by atoms with Crippen LogP contribution in [0.1, 0.15) is 35.6 Å². The van der Waals surface area contributed by atoms with Crippen LogP contribution in [0.5, 0.6) is 0 Å². The molecule has 1 N–H and O–H groups in total. The highest BCUT2D eigenvalue weighted by Gasteiger charge is 2.13. The van der Waals surface area contributed by atoms with Crippen molar-refractivity contribution >= 4 is 28.7 Å². The van der Waals surface area contributed by atoms with Crippen LogP contribution >= 0.6 is 0 Å². The number of imidazole rings is 1. The van der Waals surface area contributed by atoms with E-state index < -0.39 is 5.97 Å². The minimum absolute atomic E-state index is 0.851. The summed E-state index contributed by atoms with van der Waals surface area (Å²) in [5, 5.41) is 8.86. The van der Waals surface area contributed by atoms with Gasteiger partial charge in [0.2, 0.25) is 0 Å². The fraction of sp³-hybridized carbons (Fsp3) is 0.0769. The maximum Gasteiger partial charge on any atom is 0.328 e. The van der Waals surface area contributed by atoms with Crippen molar-refractivity contribution in [1.29, 1.82) is 0 Å². The van der Waals surface area contributed by atoms with Crippen LogP contribution in [0.15, 0.2) is 91.5 Å². The predicted octanol–water partition coefficient (Wildman–Crippen LogP) is 5.80. The summed E-state index contributed by atoms with van der Waals surface area (Å²) in [4.78, 5) is 15.0. The molecule has 0 aliphatic rings. The molecule has 2 aromatic carbocycles. The molecule has 0 radical (unpaired) electrons. The van der Waals surface area contributed by atoms with Gasteiger partial charge >= 0.3 is 5.97 Å². The molecule has 0 spiro atoms. The third-order valence-corrected chi connectivity index (χ3v) is 5.10. The highest BCUT2D eigenvalue weighted by molar-refractivity contribution is 5.99. The molecule has 0 saturated carbocycles. The monoisotopic (exact) mass is 394 g/mol. The van der Waals surface area contributed by atoms with Crippen LogP contribution in [0, 0.1) is 0 Å². The van der Waals surface area contributed by atoms with E-state index in [1.165, 1.54) is 16.7 Å². The molecule has 4 heteroatoms. The Morgan fingerprint density at radius 1 is 1.00 bits per heavy atom.